The predicted octanol–water partition coefficient (Wildman–Crippen LogP) is 1.66. The van der Waals surface area contributed by atoms with Gasteiger partial charge in [-0.05, 0) is 57.2 Å². The Morgan fingerprint density at radius 2 is 2.11 bits per heavy atom. The van der Waals surface area contributed by atoms with Crippen molar-refractivity contribution in [1.82, 2.24) is 15.5 Å². The van der Waals surface area contributed by atoms with Crippen LogP contribution in [0.15, 0.2) is 24.3 Å². The lowest BCUT2D eigenvalue weighted by atomic mass is 9.96. The van der Waals surface area contributed by atoms with E-state index in [1.54, 1.807) is 6.92 Å². The number of benzene rings is 1. The molecule has 0 bridgehead atoms. The standard InChI is InChI=1S/C20H28N4O3/c1-4-23(16-7-5-6-14(2)12-16)11-10-21-17(25)13-24-18(26)20(3,15-8-9-15)22-19(24)27/h5-7,12,15H,4,8-11,13H2,1-3H3,(H,21,25)(H,22,27). The largest absolute Gasteiger partial charge is 0.370 e. The van der Waals surface area contributed by atoms with Crippen LogP contribution in [0.1, 0.15) is 32.3 Å². The molecule has 1 aromatic rings. The molecule has 2 fully saturated rings. The highest BCUT2D eigenvalue weighted by atomic mass is 16.2. The Hall–Kier alpha value is -2.57. The molecular formula is C20H28N4O3. The van der Waals surface area contributed by atoms with E-state index in [2.05, 4.69) is 28.5 Å². The topological polar surface area (TPSA) is 81.8 Å². The van der Waals surface area contributed by atoms with E-state index >= 15 is 0 Å². The van der Waals surface area contributed by atoms with Gasteiger partial charge in [-0.15, -0.1) is 0 Å². The molecule has 1 atom stereocenters. The number of anilines is 1. The summed E-state index contributed by atoms with van der Waals surface area (Å²) in [5.41, 5.74) is 1.45. The molecular weight excluding hydrogens is 344 g/mol. The highest BCUT2D eigenvalue weighted by molar-refractivity contribution is 6.09. The second-order valence-electron chi connectivity index (χ2n) is 7.57. The number of carbonyl (C=O) groups excluding carboxylic acids is 3. The number of nitrogens with one attached hydrogen (secondary N) is 2. The van der Waals surface area contributed by atoms with Gasteiger partial charge in [0.1, 0.15) is 12.1 Å². The summed E-state index contributed by atoms with van der Waals surface area (Å²) in [5, 5.41) is 5.57. The normalized spacial score (nSPS) is 22.0. The van der Waals surface area contributed by atoms with Crippen LogP contribution in [0.2, 0.25) is 0 Å². The molecule has 1 heterocycles. The van der Waals surface area contributed by atoms with Crippen LogP contribution in [0.25, 0.3) is 0 Å². The SMILES string of the molecule is CCN(CCNC(=O)CN1C(=O)NC(C)(C2CC2)C1=O)c1cccc(C)c1. The average Bonchev–Trinajstić information content (AvgIpc) is 3.45. The van der Waals surface area contributed by atoms with Gasteiger partial charge < -0.3 is 15.5 Å². The van der Waals surface area contributed by atoms with Crippen molar-refractivity contribution in [2.24, 2.45) is 5.92 Å². The molecule has 1 aliphatic heterocycles. The first-order valence-corrected chi connectivity index (χ1v) is 9.57. The van der Waals surface area contributed by atoms with Crippen molar-refractivity contribution in [3.05, 3.63) is 29.8 Å². The molecule has 0 radical (unpaired) electrons. The number of hydrogen-bond acceptors (Lipinski definition) is 4. The van der Waals surface area contributed by atoms with E-state index < -0.39 is 11.6 Å². The number of likely N-dealkylation sites (N-methyl/N-ethyl adjacent to an activating group) is 1. The fourth-order valence-electron chi connectivity index (χ4n) is 3.62. The number of rotatable bonds is 8. The van der Waals surface area contributed by atoms with Crippen molar-refractivity contribution < 1.29 is 14.4 Å². The molecule has 27 heavy (non-hydrogen) atoms. The van der Waals surface area contributed by atoms with Gasteiger partial charge in [-0.2, -0.15) is 0 Å². The highest BCUT2D eigenvalue weighted by Crippen LogP contribution is 2.42. The summed E-state index contributed by atoms with van der Waals surface area (Å²) in [5.74, 6) is -0.423. The summed E-state index contributed by atoms with van der Waals surface area (Å²) in [7, 11) is 0. The second-order valence-corrected chi connectivity index (χ2v) is 7.57. The van der Waals surface area contributed by atoms with E-state index in [4.69, 9.17) is 0 Å². The number of nitrogens with zero attached hydrogens (tertiary/aromatic N) is 2. The molecule has 4 amide bonds. The van der Waals surface area contributed by atoms with Crippen LogP contribution in [0.5, 0.6) is 0 Å². The third-order valence-corrected chi connectivity index (χ3v) is 5.45. The molecule has 1 aromatic carbocycles. The van der Waals surface area contributed by atoms with E-state index in [9.17, 15) is 14.4 Å². The summed E-state index contributed by atoms with van der Waals surface area (Å²) in [6, 6.07) is 7.74. The van der Waals surface area contributed by atoms with Gasteiger partial charge in [0.25, 0.3) is 5.91 Å². The van der Waals surface area contributed by atoms with Crippen LogP contribution in [0.4, 0.5) is 10.5 Å². The van der Waals surface area contributed by atoms with Crippen molar-refractivity contribution in [2.75, 3.05) is 31.1 Å². The lowest BCUT2D eigenvalue weighted by Gasteiger charge is -2.24. The summed E-state index contributed by atoms with van der Waals surface area (Å²) < 4.78 is 0. The number of aryl methyl sites for hydroxylation is 1. The zero-order valence-corrected chi connectivity index (χ0v) is 16.2. The van der Waals surface area contributed by atoms with E-state index in [1.165, 1.54) is 5.56 Å². The van der Waals surface area contributed by atoms with Crippen LogP contribution in [-0.4, -0.2) is 54.5 Å². The van der Waals surface area contributed by atoms with Crippen LogP contribution in [0, 0.1) is 12.8 Å². The third-order valence-electron chi connectivity index (χ3n) is 5.45. The minimum atomic E-state index is -0.846. The Kier molecular flexibility index (Phi) is 5.39. The molecule has 1 saturated heterocycles. The first kappa shape index (κ1) is 19.2. The number of hydrogen-bond donors (Lipinski definition) is 2. The van der Waals surface area contributed by atoms with E-state index in [0.29, 0.717) is 13.1 Å². The Morgan fingerprint density at radius 1 is 1.37 bits per heavy atom. The molecule has 0 aromatic heterocycles. The first-order valence-electron chi connectivity index (χ1n) is 9.57. The maximum Gasteiger partial charge on any atom is 0.325 e. The zero-order valence-electron chi connectivity index (χ0n) is 16.2. The van der Waals surface area contributed by atoms with Gasteiger partial charge in [-0.3, -0.25) is 14.5 Å². The monoisotopic (exact) mass is 372 g/mol. The highest BCUT2D eigenvalue weighted by Gasteiger charge is 2.56. The van der Waals surface area contributed by atoms with E-state index in [-0.39, 0.29) is 24.3 Å². The molecule has 7 nitrogen and oxygen atoms in total. The Morgan fingerprint density at radius 3 is 2.74 bits per heavy atom. The number of amides is 4. The minimum Gasteiger partial charge on any atom is -0.370 e. The lowest BCUT2D eigenvalue weighted by molar-refractivity contribution is -0.135. The van der Waals surface area contributed by atoms with Gasteiger partial charge in [-0.25, -0.2) is 4.79 Å². The zero-order chi connectivity index (χ0) is 19.6. The van der Waals surface area contributed by atoms with Crippen molar-refractivity contribution in [3.8, 4) is 0 Å². The molecule has 7 heteroatoms. The molecule has 146 valence electrons. The van der Waals surface area contributed by atoms with Crippen LogP contribution >= 0.6 is 0 Å². The second kappa shape index (κ2) is 7.58. The predicted molar refractivity (Wildman–Crippen MR) is 103 cm³/mol. The van der Waals surface area contributed by atoms with Gasteiger partial charge in [-0.1, -0.05) is 12.1 Å². The van der Waals surface area contributed by atoms with Crippen molar-refractivity contribution >= 4 is 23.5 Å². The molecule has 1 saturated carbocycles. The first-order chi connectivity index (χ1) is 12.8. The number of carbonyl (C=O) groups is 3. The van der Waals surface area contributed by atoms with Crippen molar-refractivity contribution in [1.29, 1.82) is 0 Å². The average molecular weight is 372 g/mol. The summed E-state index contributed by atoms with van der Waals surface area (Å²) >= 11 is 0. The van der Waals surface area contributed by atoms with Gasteiger partial charge >= 0.3 is 6.03 Å². The molecule has 0 spiro atoms. The van der Waals surface area contributed by atoms with Crippen molar-refractivity contribution in [3.63, 3.8) is 0 Å². The van der Waals surface area contributed by atoms with Gasteiger partial charge in [0.2, 0.25) is 5.91 Å². The number of urea groups is 1. The van der Waals surface area contributed by atoms with Crippen LogP contribution in [0.3, 0.4) is 0 Å². The Bertz CT molecular complexity index is 746. The lowest BCUT2D eigenvalue weighted by Crippen LogP contribution is -2.47. The summed E-state index contributed by atoms with van der Waals surface area (Å²) in [6.45, 7) is 7.57. The molecule has 1 aliphatic carbocycles. The molecule has 2 aliphatic rings. The van der Waals surface area contributed by atoms with Crippen LogP contribution in [-0.2, 0) is 9.59 Å². The van der Waals surface area contributed by atoms with E-state index in [0.717, 1.165) is 30.0 Å². The summed E-state index contributed by atoms with van der Waals surface area (Å²) in [4.78, 5) is 40.1. The molecule has 2 N–H and O–H groups in total. The smallest absolute Gasteiger partial charge is 0.325 e. The molecule has 3 rings (SSSR count). The quantitative estimate of drug-likeness (QED) is 0.680. The molecule has 1 unspecified atom stereocenters. The van der Waals surface area contributed by atoms with Gasteiger partial charge in [0.05, 0.1) is 0 Å². The minimum absolute atomic E-state index is 0.189. The van der Waals surface area contributed by atoms with Crippen LogP contribution < -0.4 is 15.5 Å². The Labute approximate surface area is 160 Å². The fourth-order valence-corrected chi connectivity index (χ4v) is 3.62. The Balaban J connectivity index is 1.49. The number of imide groups is 1. The fraction of sp³-hybridized carbons (Fsp3) is 0.550. The van der Waals surface area contributed by atoms with Gasteiger partial charge in [0.15, 0.2) is 0 Å². The summed E-state index contributed by atoms with van der Waals surface area (Å²) in [6.07, 6.45) is 1.88. The maximum atomic E-state index is 12.6. The van der Waals surface area contributed by atoms with Gasteiger partial charge in [0, 0.05) is 25.3 Å². The van der Waals surface area contributed by atoms with Crippen molar-refractivity contribution in [2.45, 2.75) is 39.2 Å². The third kappa shape index (κ3) is 4.07. The van der Waals surface area contributed by atoms with E-state index in [1.807, 2.05) is 25.1 Å². The maximum absolute atomic E-state index is 12.6.